The maximum atomic E-state index is 12.5. The van der Waals surface area contributed by atoms with Crippen LogP contribution in [0, 0.1) is 0 Å². The van der Waals surface area contributed by atoms with Gasteiger partial charge in [-0.2, -0.15) is 0 Å². The Morgan fingerprint density at radius 2 is 0.984 bits per heavy atom. The summed E-state index contributed by atoms with van der Waals surface area (Å²) in [5.41, 5.74) is -0.583. The van der Waals surface area contributed by atoms with Crippen LogP contribution in [0.1, 0.15) is 68.6 Å². The van der Waals surface area contributed by atoms with E-state index >= 15 is 0 Å². The zero-order chi connectivity index (χ0) is 44.5. The summed E-state index contributed by atoms with van der Waals surface area (Å²) in [7, 11) is 0. The number of rotatable bonds is 4. The van der Waals surface area contributed by atoms with Crippen LogP contribution in [0.15, 0.2) is 78.9 Å². The van der Waals surface area contributed by atoms with E-state index in [1.165, 1.54) is 18.2 Å². The van der Waals surface area contributed by atoms with E-state index in [-0.39, 0.29) is 73.9 Å². The Morgan fingerprint density at radius 1 is 0.444 bits per heavy atom. The van der Waals surface area contributed by atoms with Gasteiger partial charge in [0.1, 0.15) is 70.1 Å². The monoisotopic (exact) mass is 864 g/mol. The van der Waals surface area contributed by atoms with Crippen LogP contribution < -0.4 is 18.9 Å². The number of aliphatic hydroxyl groups excluding tert-OH is 3. The molecule has 18 heteroatoms. The van der Waals surface area contributed by atoms with Crippen LogP contribution in [-0.2, 0) is 12.2 Å². The number of phenolic OH excluding ortho intramolecular Hbond substituents is 11. The quantitative estimate of drug-likeness (QED) is 0.110. The smallest absolute Gasteiger partial charge is 0.305 e. The summed E-state index contributed by atoms with van der Waals surface area (Å²) in [5, 5.41) is 155. The normalized spacial score (nSPS) is 25.2. The molecule has 324 valence electrons. The molecule has 0 aromatic heterocycles. The van der Waals surface area contributed by atoms with Crippen LogP contribution in [0.5, 0.6) is 86.2 Å². The predicted octanol–water partition coefficient (Wildman–Crippen LogP) is 4.24. The Bertz CT molecular complexity index is 2910. The van der Waals surface area contributed by atoms with Crippen LogP contribution in [0.3, 0.4) is 0 Å². The highest BCUT2D eigenvalue weighted by Gasteiger charge is 2.61. The van der Waals surface area contributed by atoms with E-state index in [4.69, 9.17) is 18.9 Å². The molecule has 0 radical (unpaired) electrons. The Morgan fingerprint density at radius 3 is 1.62 bits per heavy atom. The first kappa shape index (κ1) is 39.3. The molecule has 0 fully saturated rings. The van der Waals surface area contributed by atoms with E-state index in [9.17, 15) is 71.5 Å². The number of phenols is 11. The number of aliphatic hydroxyl groups is 3. The van der Waals surface area contributed by atoms with Crippen LogP contribution >= 0.6 is 0 Å². The lowest BCUT2D eigenvalue weighted by Crippen LogP contribution is -2.57. The molecular weight excluding hydrogens is 828 g/mol. The van der Waals surface area contributed by atoms with Crippen LogP contribution in [0.25, 0.3) is 0 Å². The van der Waals surface area contributed by atoms with Crippen molar-refractivity contribution in [1.82, 2.24) is 0 Å². The molecule has 14 N–H and O–H groups in total. The molecule has 4 heterocycles. The fraction of sp³-hybridized carbons (Fsp3) is 0.200. The summed E-state index contributed by atoms with van der Waals surface area (Å²) in [5.74, 6) is -12.6. The van der Waals surface area contributed by atoms with Gasteiger partial charge < -0.3 is 90.4 Å². The van der Waals surface area contributed by atoms with Crippen molar-refractivity contribution in [2.45, 2.75) is 54.6 Å². The highest BCUT2D eigenvalue weighted by molar-refractivity contribution is 5.72. The number of ether oxygens (including phenoxy) is 4. The molecular formula is C45H36O18. The zero-order valence-electron chi connectivity index (χ0n) is 32.1. The van der Waals surface area contributed by atoms with Gasteiger partial charge in [-0.15, -0.1) is 0 Å². The van der Waals surface area contributed by atoms with E-state index in [0.29, 0.717) is 0 Å². The average molecular weight is 865 g/mol. The first-order valence-electron chi connectivity index (χ1n) is 19.3. The van der Waals surface area contributed by atoms with Gasteiger partial charge in [0.2, 0.25) is 0 Å². The molecule has 0 saturated heterocycles. The van der Waals surface area contributed by atoms with E-state index < -0.39 is 111 Å². The van der Waals surface area contributed by atoms with E-state index in [0.717, 1.165) is 60.7 Å². The number of aromatic hydroxyl groups is 11. The van der Waals surface area contributed by atoms with Crippen LogP contribution in [0.4, 0.5) is 0 Å². The summed E-state index contributed by atoms with van der Waals surface area (Å²) in [6.45, 7) is 0. The van der Waals surface area contributed by atoms with E-state index in [2.05, 4.69) is 0 Å². The second-order valence-corrected chi connectivity index (χ2v) is 15.9. The molecule has 4 aliphatic heterocycles. The Balaban J connectivity index is 1.25. The minimum Gasteiger partial charge on any atom is -0.508 e. The topological polar surface area (TPSA) is 320 Å². The van der Waals surface area contributed by atoms with Crippen molar-refractivity contribution in [2.24, 2.45) is 0 Å². The van der Waals surface area contributed by atoms with Gasteiger partial charge in [-0.05, 0) is 53.6 Å². The van der Waals surface area contributed by atoms with Crippen molar-refractivity contribution in [3.63, 3.8) is 0 Å². The van der Waals surface area contributed by atoms with Crippen molar-refractivity contribution < 1.29 is 90.4 Å². The minimum absolute atomic E-state index is 0.0325. The van der Waals surface area contributed by atoms with Crippen molar-refractivity contribution in [3.05, 3.63) is 123 Å². The van der Waals surface area contributed by atoms with Gasteiger partial charge in [0.05, 0.1) is 17.9 Å². The third kappa shape index (κ3) is 5.68. The molecule has 8 atom stereocenters. The summed E-state index contributed by atoms with van der Waals surface area (Å²) >= 11 is 0. The lowest BCUT2D eigenvalue weighted by atomic mass is 9.71. The first-order chi connectivity index (χ1) is 30.0. The molecule has 63 heavy (non-hydrogen) atoms. The molecule has 6 aromatic carbocycles. The zero-order valence-corrected chi connectivity index (χ0v) is 32.1. The molecule has 18 nitrogen and oxygen atoms in total. The van der Waals surface area contributed by atoms with Gasteiger partial charge in [-0.1, -0.05) is 12.1 Å². The predicted molar refractivity (Wildman–Crippen MR) is 212 cm³/mol. The fourth-order valence-electron chi connectivity index (χ4n) is 9.32. The van der Waals surface area contributed by atoms with Crippen molar-refractivity contribution >= 4 is 0 Å². The molecule has 0 amide bonds. The lowest BCUT2D eigenvalue weighted by molar-refractivity contribution is -0.219. The van der Waals surface area contributed by atoms with Gasteiger partial charge in [-0.3, -0.25) is 0 Å². The van der Waals surface area contributed by atoms with Crippen molar-refractivity contribution in [2.75, 3.05) is 0 Å². The second-order valence-electron chi connectivity index (χ2n) is 15.9. The largest absolute Gasteiger partial charge is 0.508 e. The average Bonchev–Trinajstić information content (AvgIpc) is 3.22. The van der Waals surface area contributed by atoms with Gasteiger partial charge >= 0.3 is 5.79 Å². The SMILES string of the molecule is Oc1cc(O)c2c(c1)O[C@]1(c3ccc(O)c(O)c3)Oc3cc(O)c4c(c3[C@H]2[C@H]1O)O[C@H](c1ccc(O)c(O)c1)[C@H](O)[C@@H]4c1c(O)cc(O)c2c1O[C@@H](c1ccc(O)c(O)c1)[C@@H](O)C2. The molecule has 0 aliphatic carbocycles. The summed E-state index contributed by atoms with van der Waals surface area (Å²) in [6, 6.07) is 14.8. The minimum atomic E-state index is -2.31. The molecule has 6 aromatic rings. The second kappa shape index (κ2) is 13.6. The summed E-state index contributed by atoms with van der Waals surface area (Å²) in [6.07, 6.45) is -8.29. The lowest BCUT2D eigenvalue weighted by Gasteiger charge is -2.51. The molecule has 0 unspecified atom stereocenters. The van der Waals surface area contributed by atoms with Crippen molar-refractivity contribution in [1.29, 1.82) is 0 Å². The Labute approximate surface area is 354 Å². The standard InChI is InChI=1S/C45H36O18/c46-18-10-27(54)33-31(11-18)62-45(17-3-6-22(49)26(53)9-17)44(59)38(33)36-32(63-45)14-29(56)35-37(39(58)41(61-43(35)36)16-2-5-21(48)25(52)8-16)34-28(55)13-23(50)19-12-30(57)40(60-42(19)34)15-1-4-20(47)24(51)7-15/h1-11,13-14,30,37-41,44,46-59H,12H2/t30-,37+,38-,39+,40-,41+,44+,45+/m0/s1. The Kier molecular flexibility index (Phi) is 8.49. The van der Waals surface area contributed by atoms with E-state index in [1.54, 1.807) is 0 Å². The van der Waals surface area contributed by atoms with Gasteiger partial charge in [-0.25, -0.2) is 0 Å². The van der Waals surface area contributed by atoms with E-state index in [1.807, 2.05) is 0 Å². The van der Waals surface area contributed by atoms with Crippen molar-refractivity contribution in [3.8, 4) is 86.2 Å². The van der Waals surface area contributed by atoms with Gasteiger partial charge in [0.15, 0.2) is 40.6 Å². The molecule has 0 spiro atoms. The maximum absolute atomic E-state index is 12.5. The third-order valence-corrected chi connectivity index (χ3v) is 12.2. The third-order valence-electron chi connectivity index (χ3n) is 12.2. The van der Waals surface area contributed by atoms with Crippen LogP contribution in [0.2, 0.25) is 0 Å². The fourth-order valence-corrected chi connectivity index (χ4v) is 9.32. The number of hydrogen-bond donors (Lipinski definition) is 14. The highest BCUT2D eigenvalue weighted by atomic mass is 16.7. The number of benzene rings is 6. The Hall–Kier alpha value is -7.80. The highest BCUT2D eigenvalue weighted by Crippen LogP contribution is 2.65. The summed E-state index contributed by atoms with van der Waals surface area (Å²) < 4.78 is 25.6. The first-order valence-corrected chi connectivity index (χ1v) is 19.3. The van der Waals surface area contributed by atoms with Gasteiger partial charge in [0, 0.05) is 64.1 Å². The number of fused-ring (bicyclic) bond motifs is 9. The molecule has 2 bridgehead atoms. The van der Waals surface area contributed by atoms with Gasteiger partial charge in [0.25, 0.3) is 0 Å². The molecule has 0 saturated carbocycles. The number of hydrogen-bond acceptors (Lipinski definition) is 18. The van der Waals surface area contributed by atoms with Crippen LogP contribution in [-0.4, -0.2) is 89.8 Å². The summed E-state index contributed by atoms with van der Waals surface area (Å²) in [4.78, 5) is 0. The molecule has 10 rings (SSSR count). The maximum Gasteiger partial charge on any atom is 0.305 e. The molecule has 4 aliphatic rings.